The molecule has 0 radical (unpaired) electrons. The molecule has 11 heteroatoms. The summed E-state index contributed by atoms with van der Waals surface area (Å²) in [5, 5.41) is 18.1. The number of hydrogen-bond acceptors (Lipinski definition) is 8. The van der Waals surface area contributed by atoms with Gasteiger partial charge in [0, 0.05) is 23.7 Å². The minimum absolute atomic E-state index is 0.0774. The number of nitrogens with two attached hydrogens (primary N) is 1. The number of aryl methyl sites for hydroxylation is 1. The number of nitrogens with one attached hydrogen (secondary N) is 1. The predicted octanol–water partition coefficient (Wildman–Crippen LogP) is 2.01. The van der Waals surface area contributed by atoms with E-state index in [-0.39, 0.29) is 21.2 Å². The summed E-state index contributed by atoms with van der Waals surface area (Å²) < 4.78 is 27.2. The molecule has 0 unspecified atom stereocenters. The molecule has 0 aliphatic carbocycles. The number of thiazole rings is 1. The number of primary sulfonamides is 1. The van der Waals surface area contributed by atoms with E-state index in [1.54, 1.807) is 31.2 Å². The molecule has 1 aromatic carbocycles. The van der Waals surface area contributed by atoms with Gasteiger partial charge in [-0.1, -0.05) is 0 Å². The molecule has 0 saturated carbocycles. The first-order valence-corrected chi connectivity index (χ1v) is 10.7. The highest BCUT2D eigenvalue weighted by Gasteiger charge is 2.18. The molecule has 2 aromatic heterocycles. The third-order valence-electron chi connectivity index (χ3n) is 3.89. The van der Waals surface area contributed by atoms with Crippen LogP contribution in [0.3, 0.4) is 0 Å². The molecule has 0 aliphatic rings. The third-order valence-corrected chi connectivity index (χ3v) is 5.93. The highest BCUT2D eigenvalue weighted by atomic mass is 32.2. The van der Waals surface area contributed by atoms with Crippen LogP contribution in [0.5, 0.6) is 0 Å². The number of carboxylic acid groups (broad SMARTS) is 1. The summed E-state index contributed by atoms with van der Waals surface area (Å²) in [6.45, 7) is 1.96. The number of anilines is 1. The Kier molecular flexibility index (Phi) is 5.49. The molecule has 28 heavy (non-hydrogen) atoms. The van der Waals surface area contributed by atoms with E-state index in [4.69, 9.17) is 14.7 Å². The van der Waals surface area contributed by atoms with Crippen LogP contribution in [0, 0.1) is 6.92 Å². The lowest BCUT2D eigenvalue weighted by molar-refractivity contribution is 0.0701. The number of fused-ring (bicyclic) bond motifs is 1. The molecule has 0 amide bonds. The van der Waals surface area contributed by atoms with Gasteiger partial charge in [0.15, 0.2) is 0 Å². The van der Waals surface area contributed by atoms with Gasteiger partial charge in [-0.3, -0.25) is 0 Å². The van der Waals surface area contributed by atoms with Crippen molar-refractivity contribution < 1.29 is 22.7 Å². The van der Waals surface area contributed by atoms with Crippen LogP contribution in [0.2, 0.25) is 0 Å². The van der Waals surface area contributed by atoms with Crippen LogP contribution >= 0.6 is 11.3 Å². The van der Waals surface area contributed by atoms with E-state index in [2.05, 4.69) is 10.3 Å². The average Bonchev–Trinajstić information content (AvgIpc) is 2.99. The summed E-state index contributed by atoms with van der Waals surface area (Å²) in [6, 6.07) is 6.74. The number of hydrogen-bond donors (Lipinski definition) is 3. The smallest absolute Gasteiger partial charge is 0.347 e. The molecule has 3 rings (SSSR count). The second-order valence-corrected chi connectivity index (χ2v) is 8.82. The fraction of sp³-hybridized carbons (Fsp3) is 0.235. The molecule has 0 spiro atoms. The average molecular weight is 423 g/mol. The Balaban J connectivity index is 1.85. The Morgan fingerprint density at radius 3 is 2.75 bits per heavy atom. The van der Waals surface area contributed by atoms with Crippen LogP contribution < -0.4 is 16.1 Å². The Labute approximate surface area is 163 Å². The van der Waals surface area contributed by atoms with Crippen LogP contribution in [-0.2, 0) is 10.0 Å². The summed E-state index contributed by atoms with van der Waals surface area (Å²) in [5.74, 6) is -1.22. The first-order valence-electron chi connectivity index (χ1n) is 8.17. The number of benzene rings is 1. The van der Waals surface area contributed by atoms with Gasteiger partial charge in [-0.05, 0) is 31.5 Å². The highest BCUT2D eigenvalue weighted by Crippen LogP contribution is 2.28. The van der Waals surface area contributed by atoms with Crippen molar-refractivity contribution in [2.45, 2.75) is 13.3 Å². The summed E-state index contributed by atoms with van der Waals surface area (Å²) in [7, 11) is -3.50. The van der Waals surface area contributed by atoms with Crippen LogP contribution in [0.15, 0.2) is 33.5 Å². The van der Waals surface area contributed by atoms with Crippen LogP contribution in [0.1, 0.15) is 21.8 Å². The lowest BCUT2D eigenvalue weighted by Gasteiger charge is -2.07. The minimum Gasteiger partial charge on any atom is -0.477 e. The SMILES string of the molecule is Cc1nc(-c2cc3ccc(NCCCS(N)(=O)=O)cc3oc2=O)sc1C(=O)O. The van der Waals surface area contributed by atoms with Crippen molar-refractivity contribution >= 4 is 44.0 Å². The molecule has 4 N–H and O–H groups in total. The maximum Gasteiger partial charge on any atom is 0.347 e. The van der Waals surface area contributed by atoms with Crippen molar-refractivity contribution in [1.29, 1.82) is 0 Å². The summed E-state index contributed by atoms with van der Waals surface area (Å²) in [4.78, 5) is 27.8. The van der Waals surface area contributed by atoms with Gasteiger partial charge in [0.1, 0.15) is 15.5 Å². The monoisotopic (exact) mass is 423 g/mol. The molecule has 0 aliphatic heterocycles. The van der Waals surface area contributed by atoms with Crippen molar-refractivity contribution in [3.63, 3.8) is 0 Å². The van der Waals surface area contributed by atoms with Gasteiger partial charge in [-0.15, -0.1) is 11.3 Å². The minimum atomic E-state index is -3.50. The lowest BCUT2D eigenvalue weighted by atomic mass is 10.1. The van der Waals surface area contributed by atoms with Gasteiger partial charge in [0.05, 0.1) is 17.0 Å². The second-order valence-electron chi connectivity index (χ2n) is 6.09. The number of carboxylic acids is 1. The number of aromatic nitrogens is 1. The predicted molar refractivity (Wildman–Crippen MR) is 106 cm³/mol. The van der Waals surface area contributed by atoms with Gasteiger partial charge < -0.3 is 14.8 Å². The quantitative estimate of drug-likeness (QED) is 0.385. The largest absolute Gasteiger partial charge is 0.477 e. The van der Waals surface area contributed by atoms with E-state index >= 15 is 0 Å². The maximum atomic E-state index is 12.4. The normalized spacial score (nSPS) is 11.6. The van der Waals surface area contributed by atoms with Gasteiger partial charge >= 0.3 is 11.6 Å². The fourth-order valence-electron chi connectivity index (χ4n) is 2.59. The van der Waals surface area contributed by atoms with Crippen molar-refractivity contribution in [3.05, 3.63) is 45.3 Å². The van der Waals surface area contributed by atoms with Gasteiger partial charge in [-0.25, -0.2) is 28.1 Å². The summed E-state index contributed by atoms with van der Waals surface area (Å²) >= 11 is 0.920. The van der Waals surface area contributed by atoms with E-state index in [9.17, 15) is 18.0 Å². The molecular weight excluding hydrogens is 406 g/mol. The summed E-state index contributed by atoms with van der Waals surface area (Å²) in [5.41, 5.74) is 0.922. The molecule has 0 saturated heterocycles. The lowest BCUT2D eigenvalue weighted by Crippen LogP contribution is -2.18. The van der Waals surface area contributed by atoms with Gasteiger partial charge in [-0.2, -0.15) is 0 Å². The molecule has 0 bridgehead atoms. The second kappa shape index (κ2) is 7.70. The first-order chi connectivity index (χ1) is 13.1. The zero-order valence-corrected chi connectivity index (χ0v) is 16.4. The molecule has 2 heterocycles. The van der Waals surface area contributed by atoms with E-state index in [0.717, 1.165) is 11.3 Å². The molecule has 0 atom stereocenters. The fourth-order valence-corrected chi connectivity index (χ4v) is 4.04. The van der Waals surface area contributed by atoms with Crippen molar-refractivity contribution in [1.82, 2.24) is 4.98 Å². The maximum absolute atomic E-state index is 12.4. The van der Waals surface area contributed by atoms with Crippen molar-refractivity contribution in [2.75, 3.05) is 17.6 Å². The van der Waals surface area contributed by atoms with E-state index in [0.29, 0.717) is 35.3 Å². The van der Waals surface area contributed by atoms with E-state index < -0.39 is 21.6 Å². The Morgan fingerprint density at radius 2 is 2.11 bits per heavy atom. The first kappa shape index (κ1) is 20.0. The van der Waals surface area contributed by atoms with Crippen molar-refractivity contribution in [3.8, 4) is 10.6 Å². The molecule has 148 valence electrons. The van der Waals surface area contributed by atoms with E-state index in [1.807, 2.05) is 0 Å². The third kappa shape index (κ3) is 4.55. The Hall–Kier alpha value is -2.76. The van der Waals surface area contributed by atoms with Crippen LogP contribution in [0.25, 0.3) is 21.5 Å². The van der Waals surface area contributed by atoms with Gasteiger partial charge in [0.25, 0.3) is 0 Å². The standard InChI is InChI=1S/C17H17N3O6S2/c1-9-14(16(21)22)27-15(20-9)12-7-10-3-4-11(8-13(10)26-17(12)23)19-5-2-6-28(18,24)25/h3-4,7-8,19H,2,5-6H2,1H3,(H,21,22)(H2,18,24,25). The van der Waals surface area contributed by atoms with Gasteiger partial charge in [0.2, 0.25) is 10.0 Å². The zero-order chi connectivity index (χ0) is 20.5. The zero-order valence-electron chi connectivity index (χ0n) is 14.8. The number of rotatable bonds is 7. The number of nitrogens with zero attached hydrogens (tertiary/aromatic N) is 1. The highest BCUT2D eigenvalue weighted by molar-refractivity contribution is 7.89. The van der Waals surface area contributed by atoms with Crippen LogP contribution in [-0.4, -0.2) is 36.8 Å². The van der Waals surface area contributed by atoms with Crippen LogP contribution in [0.4, 0.5) is 5.69 Å². The summed E-state index contributed by atoms with van der Waals surface area (Å²) in [6.07, 6.45) is 0.342. The van der Waals surface area contributed by atoms with E-state index in [1.165, 1.54) is 0 Å². The Morgan fingerprint density at radius 1 is 1.36 bits per heavy atom. The molecular formula is C17H17N3O6S2. The van der Waals surface area contributed by atoms with Crippen molar-refractivity contribution in [2.24, 2.45) is 5.14 Å². The number of sulfonamides is 1. The molecule has 3 aromatic rings. The number of carbonyl (C=O) groups is 1. The Bertz CT molecular complexity index is 1210. The number of aromatic carboxylic acids is 1. The molecule has 9 nitrogen and oxygen atoms in total. The molecule has 0 fully saturated rings. The topological polar surface area (TPSA) is 153 Å².